The van der Waals surface area contributed by atoms with Gasteiger partial charge in [0.1, 0.15) is 0 Å². The Morgan fingerprint density at radius 1 is 1.32 bits per heavy atom. The summed E-state index contributed by atoms with van der Waals surface area (Å²) in [7, 11) is -3.29. The molecule has 0 aromatic heterocycles. The van der Waals surface area contributed by atoms with Gasteiger partial charge in [-0.15, -0.1) is 23.2 Å². The molecule has 8 heteroatoms. The van der Waals surface area contributed by atoms with Crippen molar-refractivity contribution in [2.45, 2.75) is 13.0 Å². The number of hydroxylamine groups is 1. The molecule has 1 aromatic carbocycles. The van der Waals surface area contributed by atoms with E-state index in [1.165, 1.54) is 4.83 Å². The summed E-state index contributed by atoms with van der Waals surface area (Å²) in [4.78, 5) is 7.18. The van der Waals surface area contributed by atoms with E-state index in [9.17, 15) is 4.57 Å². The molecule has 1 fully saturated rings. The molecule has 2 rings (SSSR count). The Morgan fingerprint density at radius 3 is 2.50 bits per heavy atom. The lowest BCUT2D eigenvalue weighted by molar-refractivity contribution is -0.105. The van der Waals surface area contributed by atoms with Gasteiger partial charge in [0.15, 0.2) is 0 Å². The molecule has 0 saturated carbocycles. The maximum Gasteiger partial charge on any atom is 0.369 e. The van der Waals surface area contributed by atoms with Gasteiger partial charge in [0.05, 0.1) is 19.3 Å². The third kappa shape index (κ3) is 3.85. The summed E-state index contributed by atoms with van der Waals surface area (Å²) in [5.41, 5.74) is 1.00. The number of alkyl halides is 2. The van der Waals surface area contributed by atoms with Gasteiger partial charge in [-0.25, -0.2) is 4.67 Å². The first-order chi connectivity index (χ1) is 10.7. The average Bonchev–Trinajstić information content (AvgIpc) is 2.87. The van der Waals surface area contributed by atoms with Gasteiger partial charge >= 0.3 is 7.67 Å². The Kier molecular flexibility index (Phi) is 7.16. The Bertz CT molecular complexity index is 500. The fourth-order valence-electron chi connectivity index (χ4n) is 2.42. The highest BCUT2D eigenvalue weighted by Gasteiger charge is 2.50. The van der Waals surface area contributed by atoms with Crippen LogP contribution in [0.25, 0.3) is 0 Å². The van der Waals surface area contributed by atoms with E-state index in [-0.39, 0.29) is 6.04 Å². The largest absolute Gasteiger partial charge is 0.369 e. The van der Waals surface area contributed by atoms with Gasteiger partial charge < -0.3 is 4.52 Å². The monoisotopic (exact) mass is 366 g/mol. The number of rotatable bonds is 8. The van der Waals surface area contributed by atoms with Crippen molar-refractivity contribution in [3.63, 3.8) is 0 Å². The summed E-state index contributed by atoms with van der Waals surface area (Å²) in [5, 5.41) is 0. The van der Waals surface area contributed by atoms with E-state index in [2.05, 4.69) is 0 Å². The Hall–Kier alpha value is -0.130. The van der Waals surface area contributed by atoms with E-state index in [0.29, 0.717) is 38.1 Å². The van der Waals surface area contributed by atoms with Crippen LogP contribution in [-0.4, -0.2) is 47.6 Å². The fourth-order valence-corrected chi connectivity index (χ4v) is 5.45. The number of hydrogen-bond donors (Lipinski definition) is 0. The van der Waals surface area contributed by atoms with Gasteiger partial charge in [0.25, 0.3) is 0 Å². The SMILES string of the molecule is CCON1[C@H](c2ccccc2)COP1(=O)N(CCCl)CCCl. The molecule has 1 heterocycles. The van der Waals surface area contributed by atoms with Gasteiger partial charge in [-0.2, -0.15) is 0 Å². The van der Waals surface area contributed by atoms with E-state index in [1.807, 2.05) is 37.3 Å². The van der Waals surface area contributed by atoms with Crippen LogP contribution in [0.2, 0.25) is 0 Å². The maximum absolute atomic E-state index is 13.4. The minimum atomic E-state index is -3.29. The first-order valence-corrected chi connectivity index (χ1v) is 9.86. The van der Waals surface area contributed by atoms with Gasteiger partial charge in [-0.3, -0.25) is 9.40 Å². The van der Waals surface area contributed by atoms with Gasteiger partial charge in [0.2, 0.25) is 0 Å². The normalized spacial score (nSPS) is 25.9. The van der Waals surface area contributed by atoms with E-state index in [4.69, 9.17) is 32.6 Å². The number of hydrogen-bond acceptors (Lipinski definition) is 3. The first kappa shape index (κ1) is 18.2. The molecule has 0 radical (unpaired) electrons. The Morgan fingerprint density at radius 2 is 1.95 bits per heavy atom. The molecule has 1 saturated heterocycles. The van der Waals surface area contributed by atoms with Crippen LogP contribution in [0.5, 0.6) is 0 Å². The molecule has 1 aromatic rings. The Labute approximate surface area is 141 Å². The number of benzene rings is 1. The van der Waals surface area contributed by atoms with Crippen LogP contribution in [0.4, 0.5) is 0 Å². The molecule has 0 bridgehead atoms. The van der Waals surface area contributed by atoms with Crippen molar-refractivity contribution in [1.82, 2.24) is 9.50 Å². The van der Waals surface area contributed by atoms with E-state index >= 15 is 0 Å². The zero-order valence-corrected chi connectivity index (χ0v) is 14.9. The van der Waals surface area contributed by atoms with Crippen molar-refractivity contribution >= 4 is 30.9 Å². The molecular formula is C14H21Cl2N2O3P. The minimum absolute atomic E-state index is 0.208. The van der Waals surface area contributed by atoms with Gasteiger partial charge in [0, 0.05) is 24.8 Å². The van der Waals surface area contributed by atoms with E-state index in [1.54, 1.807) is 4.67 Å². The fraction of sp³-hybridized carbons (Fsp3) is 0.571. The van der Waals surface area contributed by atoms with E-state index < -0.39 is 7.67 Å². The highest BCUT2D eigenvalue weighted by Crippen LogP contribution is 2.62. The molecule has 124 valence electrons. The van der Waals surface area contributed by atoms with Gasteiger partial charge in [-0.1, -0.05) is 35.2 Å². The van der Waals surface area contributed by atoms with E-state index in [0.717, 1.165) is 5.56 Å². The molecule has 22 heavy (non-hydrogen) atoms. The zero-order valence-electron chi connectivity index (χ0n) is 12.5. The van der Waals surface area contributed by atoms with Crippen molar-refractivity contribution in [3.05, 3.63) is 35.9 Å². The minimum Gasteiger partial charge on any atom is -0.302 e. The number of halogens is 2. The lowest BCUT2D eigenvalue weighted by atomic mass is 10.1. The molecule has 1 aliphatic heterocycles. The predicted octanol–water partition coefficient (Wildman–Crippen LogP) is 3.90. The summed E-state index contributed by atoms with van der Waals surface area (Å²) in [6.45, 7) is 3.43. The second kappa shape index (κ2) is 8.65. The van der Waals surface area contributed by atoms with Gasteiger partial charge in [-0.05, 0) is 12.5 Å². The summed E-state index contributed by atoms with van der Waals surface area (Å²) in [5.74, 6) is 0.695. The molecule has 0 amide bonds. The predicted molar refractivity (Wildman–Crippen MR) is 89.2 cm³/mol. The van der Waals surface area contributed by atoms with Crippen LogP contribution < -0.4 is 0 Å². The van der Waals surface area contributed by atoms with Crippen LogP contribution in [-0.2, 0) is 13.9 Å². The molecule has 2 atom stereocenters. The summed E-state index contributed by atoms with van der Waals surface area (Å²) in [6.07, 6.45) is 0. The summed E-state index contributed by atoms with van der Waals surface area (Å²) in [6, 6.07) is 9.57. The molecular weight excluding hydrogens is 346 g/mol. The van der Waals surface area contributed by atoms with Crippen molar-refractivity contribution < 1.29 is 13.9 Å². The van der Waals surface area contributed by atoms with Crippen molar-refractivity contribution in [3.8, 4) is 0 Å². The smallest absolute Gasteiger partial charge is 0.302 e. The topological polar surface area (TPSA) is 42.0 Å². The van der Waals surface area contributed by atoms with Crippen LogP contribution in [0, 0.1) is 0 Å². The first-order valence-electron chi connectivity index (χ1n) is 7.26. The summed E-state index contributed by atoms with van der Waals surface area (Å²) < 4.78 is 20.8. The van der Waals surface area contributed by atoms with Crippen LogP contribution in [0.15, 0.2) is 30.3 Å². The van der Waals surface area contributed by atoms with Crippen LogP contribution >= 0.6 is 30.9 Å². The van der Waals surface area contributed by atoms with Crippen molar-refractivity contribution in [2.75, 3.05) is 38.1 Å². The third-order valence-electron chi connectivity index (χ3n) is 3.40. The van der Waals surface area contributed by atoms with Crippen molar-refractivity contribution in [2.24, 2.45) is 0 Å². The highest BCUT2D eigenvalue weighted by molar-refractivity contribution is 7.54. The zero-order chi connectivity index (χ0) is 16.0. The molecule has 1 unspecified atom stereocenters. The second-order valence-electron chi connectivity index (χ2n) is 4.76. The number of nitrogens with zero attached hydrogens (tertiary/aromatic N) is 2. The molecule has 5 nitrogen and oxygen atoms in total. The molecule has 0 N–H and O–H groups in total. The molecule has 1 aliphatic rings. The summed E-state index contributed by atoms with van der Waals surface area (Å²) >= 11 is 11.7. The maximum atomic E-state index is 13.4. The highest BCUT2D eigenvalue weighted by atomic mass is 35.5. The van der Waals surface area contributed by atoms with Crippen molar-refractivity contribution in [1.29, 1.82) is 0 Å². The lowest BCUT2D eigenvalue weighted by Gasteiger charge is -2.33. The van der Waals surface area contributed by atoms with Crippen LogP contribution in [0.3, 0.4) is 0 Å². The third-order valence-corrected chi connectivity index (χ3v) is 6.24. The molecule has 0 aliphatic carbocycles. The average molecular weight is 367 g/mol. The quantitative estimate of drug-likeness (QED) is 0.515. The second-order valence-corrected chi connectivity index (χ2v) is 7.72. The molecule has 0 spiro atoms. The Balaban J connectivity index is 2.29. The van der Waals surface area contributed by atoms with Crippen LogP contribution in [0.1, 0.15) is 18.5 Å². The lowest BCUT2D eigenvalue weighted by Crippen LogP contribution is -2.33. The standard InChI is InChI=1S/C14H21Cl2N2O3P/c1-2-20-18-14(13-6-4-3-5-7-13)12-21-22(18,19)17(10-8-15)11-9-16/h3-7,14H,2,8-12H2,1H3/t14-,22?/m0/s1.